The highest BCUT2D eigenvalue weighted by atomic mass is 32.1. The van der Waals surface area contributed by atoms with Crippen LogP contribution in [0.3, 0.4) is 0 Å². The van der Waals surface area contributed by atoms with Gasteiger partial charge in [0.05, 0.1) is 22.2 Å². The van der Waals surface area contributed by atoms with Crippen LogP contribution in [0.5, 0.6) is 0 Å². The quantitative estimate of drug-likeness (QED) is 0.196. The molecule has 0 aliphatic carbocycles. The summed E-state index contributed by atoms with van der Waals surface area (Å²) in [6.07, 6.45) is 0. The molecule has 0 radical (unpaired) electrons. The Bertz CT molecular complexity index is 2220. The van der Waals surface area contributed by atoms with Gasteiger partial charge in [0.25, 0.3) is 0 Å². The fraction of sp³-hybridized carbons (Fsp3) is 0.0811. The third-order valence-electron chi connectivity index (χ3n) is 8.09. The number of aromatic nitrogens is 3. The highest BCUT2D eigenvalue weighted by Gasteiger charge is 2.23. The summed E-state index contributed by atoms with van der Waals surface area (Å²) in [7, 11) is -1.63. The number of nitrogens with zero attached hydrogens (tertiary/aromatic N) is 3. The summed E-state index contributed by atoms with van der Waals surface area (Å²) in [5.41, 5.74) is 7.65. The van der Waals surface area contributed by atoms with Crippen LogP contribution >= 0.6 is 11.3 Å². The van der Waals surface area contributed by atoms with Crippen molar-refractivity contribution in [3.8, 4) is 28.2 Å². The second kappa shape index (κ2) is 9.48. The first kappa shape index (κ1) is 25.2. The summed E-state index contributed by atoms with van der Waals surface area (Å²) in [5, 5.41) is 4.99. The lowest BCUT2D eigenvalue weighted by atomic mass is 10.0. The third-order valence-corrected chi connectivity index (χ3v) is 11.0. The zero-order valence-electron chi connectivity index (χ0n) is 23.8. The van der Waals surface area contributed by atoms with Crippen LogP contribution in [0.25, 0.3) is 70.3 Å². The molecule has 3 nitrogen and oxygen atoms in total. The summed E-state index contributed by atoms with van der Waals surface area (Å²) in [6, 6.07) is 43.4. The molecule has 202 valence electrons. The lowest BCUT2D eigenvalue weighted by molar-refractivity contribution is 1.08. The largest absolute Gasteiger partial charge is 0.292 e. The third kappa shape index (κ3) is 4.08. The first-order valence-corrected chi connectivity index (χ1v) is 18.7. The van der Waals surface area contributed by atoms with Crippen molar-refractivity contribution in [2.75, 3.05) is 0 Å². The molecule has 4 heterocycles. The topological polar surface area (TPSA) is 30.7 Å². The first-order valence-electron chi connectivity index (χ1n) is 14.3. The molecular formula is C37H29N3SSi. The second-order valence-corrected chi connectivity index (χ2v) is 18.0. The predicted octanol–water partition coefficient (Wildman–Crippen LogP) is 9.82. The van der Waals surface area contributed by atoms with Crippen LogP contribution in [0, 0.1) is 0 Å². The Morgan fingerprint density at radius 1 is 0.548 bits per heavy atom. The molecule has 0 amide bonds. The number of rotatable bonds is 4. The Hall–Kier alpha value is -4.58. The highest BCUT2D eigenvalue weighted by Crippen LogP contribution is 2.40. The average molecular weight is 576 g/mol. The first-order chi connectivity index (χ1) is 20.4. The monoisotopic (exact) mass is 575 g/mol. The van der Waals surface area contributed by atoms with E-state index in [1.54, 1.807) is 0 Å². The van der Waals surface area contributed by atoms with Crippen molar-refractivity contribution < 1.29 is 0 Å². The molecule has 0 saturated heterocycles. The molecule has 0 bridgehead atoms. The number of pyridine rings is 2. The molecule has 0 atom stereocenters. The van der Waals surface area contributed by atoms with Crippen LogP contribution in [0.15, 0.2) is 121 Å². The fourth-order valence-electron chi connectivity index (χ4n) is 5.94. The molecule has 4 aromatic carbocycles. The van der Waals surface area contributed by atoms with Crippen LogP contribution < -0.4 is 5.32 Å². The molecule has 4 aromatic heterocycles. The molecule has 0 aliphatic heterocycles. The number of hydrogen-bond acceptors (Lipinski definition) is 3. The molecule has 0 N–H and O–H groups in total. The summed E-state index contributed by atoms with van der Waals surface area (Å²) >= 11 is 1.85. The average Bonchev–Trinajstić information content (AvgIpc) is 3.54. The van der Waals surface area contributed by atoms with E-state index >= 15 is 0 Å². The molecular weight excluding hydrogens is 547 g/mol. The van der Waals surface area contributed by atoms with Gasteiger partial charge in [-0.15, -0.1) is 11.3 Å². The van der Waals surface area contributed by atoms with E-state index in [4.69, 9.17) is 9.97 Å². The van der Waals surface area contributed by atoms with Crippen LogP contribution in [0.2, 0.25) is 19.6 Å². The summed E-state index contributed by atoms with van der Waals surface area (Å²) in [4.78, 5) is 10.7. The zero-order valence-corrected chi connectivity index (χ0v) is 25.6. The fourth-order valence-corrected chi connectivity index (χ4v) is 8.10. The summed E-state index contributed by atoms with van der Waals surface area (Å²) < 4.78 is 4.91. The minimum atomic E-state index is -1.63. The van der Waals surface area contributed by atoms with Crippen molar-refractivity contribution in [2.45, 2.75) is 19.6 Å². The zero-order chi connectivity index (χ0) is 28.4. The molecule has 0 fully saturated rings. The molecule has 5 heteroatoms. The minimum absolute atomic E-state index is 0.901. The summed E-state index contributed by atoms with van der Waals surface area (Å²) in [5.74, 6) is 0.901. The van der Waals surface area contributed by atoms with Gasteiger partial charge in [-0.1, -0.05) is 98.5 Å². The van der Waals surface area contributed by atoms with E-state index in [1.807, 2.05) is 11.3 Å². The van der Waals surface area contributed by atoms with E-state index in [1.165, 1.54) is 36.4 Å². The van der Waals surface area contributed by atoms with Gasteiger partial charge in [0.1, 0.15) is 13.9 Å². The van der Waals surface area contributed by atoms with E-state index in [0.717, 1.165) is 39.2 Å². The van der Waals surface area contributed by atoms with Crippen molar-refractivity contribution >= 4 is 66.8 Å². The van der Waals surface area contributed by atoms with Gasteiger partial charge in [0.2, 0.25) is 0 Å². The van der Waals surface area contributed by atoms with Gasteiger partial charge in [0, 0.05) is 36.4 Å². The Morgan fingerprint density at radius 2 is 1.26 bits per heavy atom. The van der Waals surface area contributed by atoms with Crippen LogP contribution in [0.4, 0.5) is 0 Å². The second-order valence-electron chi connectivity index (χ2n) is 11.9. The maximum atomic E-state index is 5.37. The molecule has 0 unspecified atom stereocenters. The van der Waals surface area contributed by atoms with Gasteiger partial charge in [-0.05, 0) is 53.6 Å². The Balaban J connectivity index is 1.49. The predicted molar refractivity (Wildman–Crippen MR) is 183 cm³/mol. The lowest BCUT2D eigenvalue weighted by Gasteiger charge is -2.15. The van der Waals surface area contributed by atoms with Gasteiger partial charge < -0.3 is 0 Å². The minimum Gasteiger partial charge on any atom is -0.292 e. The van der Waals surface area contributed by atoms with E-state index < -0.39 is 8.07 Å². The van der Waals surface area contributed by atoms with Gasteiger partial charge in [-0.3, -0.25) is 9.55 Å². The standard InChI is InChI=1S/C37H29N3SSi/c1-42(2,3)36-19-18-31-37(39-36)29-22-28-27-16-10-11-17-33(27)41-34(28)23-32(29)40(31)35-21-26(24-12-6-4-7-13-24)20-30(38-35)25-14-8-5-9-15-25/h4-23H,1-3H3. The van der Waals surface area contributed by atoms with Crippen LogP contribution in [-0.4, -0.2) is 22.6 Å². The van der Waals surface area contributed by atoms with Crippen LogP contribution in [-0.2, 0) is 0 Å². The Labute approximate surface area is 249 Å². The normalized spacial score (nSPS) is 12.2. The van der Waals surface area contributed by atoms with Crippen molar-refractivity contribution in [3.05, 3.63) is 121 Å². The molecule has 8 rings (SSSR count). The van der Waals surface area contributed by atoms with Crippen LogP contribution in [0.1, 0.15) is 0 Å². The van der Waals surface area contributed by atoms with Crippen molar-refractivity contribution in [1.82, 2.24) is 14.5 Å². The number of benzene rings is 4. The summed E-state index contributed by atoms with van der Waals surface area (Å²) in [6.45, 7) is 7.09. The van der Waals surface area contributed by atoms with Crippen molar-refractivity contribution in [3.63, 3.8) is 0 Å². The molecule has 42 heavy (non-hydrogen) atoms. The molecule has 0 saturated carbocycles. The number of fused-ring (bicyclic) bond motifs is 6. The van der Waals surface area contributed by atoms with Crippen molar-refractivity contribution in [1.29, 1.82) is 0 Å². The van der Waals surface area contributed by atoms with E-state index in [2.05, 4.69) is 146 Å². The van der Waals surface area contributed by atoms with Gasteiger partial charge >= 0.3 is 0 Å². The van der Waals surface area contributed by atoms with Crippen molar-refractivity contribution in [2.24, 2.45) is 0 Å². The van der Waals surface area contributed by atoms with Gasteiger partial charge in [0.15, 0.2) is 0 Å². The number of thiophene rings is 1. The number of hydrogen-bond donors (Lipinski definition) is 0. The van der Waals surface area contributed by atoms with Gasteiger partial charge in [-0.2, -0.15) is 0 Å². The van der Waals surface area contributed by atoms with E-state index in [-0.39, 0.29) is 0 Å². The lowest BCUT2D eigenvalue weighted by Crippen LogP contribution is -2.39. The molecule has 0 aliphatic rings. The Kier molecular flexibility index (Phi) is 5.68. The van der Waals surface area contributed by atoms with E-state index in [0.29, 0.717) is 0 Å². The highest BCUT2D eigenvalue weighted by molar-refractivity contribution is 7.25. The molecule has 8 aromatic rings. The maximum absolute atomic E-state index is 5.37. The Morgan fingerprint density at radius 3 is 2.02 bits per heavy atom. The molecule has 0 spiro atoms. The van der Waals surface area contributed by atoms with E-state index in [9.17, 15) is 0 Å². The maximum Gasteiger partial charge on any atom is 0.138 e. The SMILES string of the molecule is C[Si](C)(C)c1ccc2c(n1)c1cc3c(cc1n2-c1cc(-c2ccccc2)cc(-c2ccccc2)n1)sc1ccccc13. The van der Waals surface area contributed by atoms with Gasteiger partial charge in [-0.25, -0.2) is 4.98 Å². The smallest absolute Gasteiger partial charge is 0.138 e.